The Labute approximate surface area is 124 Å². The van der Waals surface area contributed by atoms with Gasteiger partial charge in [-0.3, -0.25) is 4.79 Å². The predicted molar refractivity (Wildman–Crippen MR) is 74.0 cm³/mol. The molecule has 104 valence electrons. The van der Waals surface area contributed by atoms with Crippen molar-refractivity contribution in [3.05, 3.63) is 69.2 Å². The van der Waals surface area contributed by atoms with Crippen LogP contribution >= 0.6 is 23.2 Å². The maximum absolute atomic E-state index is 13.0. The molecule has 1 N–H and O–H groups in total. The Hall–Kier alpha value is -1.65. The Bertz CT molecular complexity index is 641. The van der Waals surface area contributed by atoms with Crippen molar-refractivity contribution in [1.82, 2.24) is 5.32 Å². The molecule has 2 rings (SSSR count). The number of nitrogens with one attached hydrogen (secondary N) is 1. The number of hydrogen-bond donors (Lipinski definition) is 1. The van der Waals surface area contributed by atoms with Crippen molar-refractivity contribution in [3.8, 4) is 0 Å². The number of benzene rings is 2. The van der Waals surface area contributed by atoms with Gasteiger partial charge in [-0.05, 0) is 35.9 Å². The Morgan fingerprint density at radius 1 is 1.05 bits per heavy atom. The summed E-state index contributed by atoms with van der Waals surface area (Å²) < 4.78 is 26.0. The summed E-state index contributed by atoms with van der Waals surface area (Å²) in [5, 5.41) is 3.14. The molecule has 2 aromatic rings. The fraction of sp³-hybridized carbons (Fsp3) is 0.0714. The monoisotopic (exact) mass is 315 g/mol. The minimum absolute atomic E-state index is 0.0175. The lowest BCUT2D eigenvalue weighted by molar-refractivity contribution is 0.0951. The van der Waals surface area contributed by atoms with E-state index in [4.69, 9.17) is 23.2 Å². The van der Waals surface area contributed by atoms with E-state index in [0.717, 1.165) is 18.2 Å². The summed E-state index contributed by atoms with van der Waals surface area (Å²) in [6, 6.07) is 7.53. The molecule has 2 aromatic carbocycles. The molecule has 0 aliphatic carbocycles. The first-order chi connectivity index (χ1) is 9.45. The molecule has 0 fully saturated rings. The topological polar surface area (TPSA) is 29.1 Å². The van der Waals surface area contributed by atoms with Crippen LogP contribution < -0.4 is 5.32 Å². The van der Waals surface area contributed by atoms with Gasteiger partial charge in [-0.15, -0.1) is 0 Å². The van der Waals surface area contributed by atoms with E-state index in [1.165, 1.54) is 12.1 Å². The van der Waals surface area contributed by atoms with Gasteiger partial charge in [0.05, 0.1) is 10.6 Å². The fourth-order valence-electron chi connectivity index (χ4n) is 1.66. The number of carbonyl (C=O) groups is 1. The van der Waals surface area contributed by atoms with Crippen molar-refractivity contribution >= 4 is 29.1 Å². The van der Waals surface area contributed by atoms with Gasteiger partial charge in [0, 0.05) is 17.6 Å². The number of hydrogen-bond acceptors (Lipinski definition) is 1. The van der Waals surface area contributed by atoms with Crippen molar-refractivity contribution in [3.63, 3.8) is 0 Å². The minimum Gasteiger partial charge on any atom is -0.348 e. The molecule has 0 aliphatic heterocycles. The molecular formula is C14H9Cl2F2NO. The van der Waals surface area contributed by atoms with Crippen molar-refractivity contribution in [2.75, 3.05) is 0 Å². The van der Waals surface area contributed by atoms with Gasteiger partial charge in [0.15, 0.2) is 0 Å². The summed E-state index contributed by atoms with van der Waals surface area (Å²) in [5.41, 5.74) is 0.519. The van der Waals surface area contributed by atoms with E-state index >= 15 is 0 Å². The highest BCUT2D eigenvalue weighted by molar-refractivity contribution is 6.35. The van der Waals surface area contributed by atoms with Crippen LogP contribution in [-0.4, -0.2) is 5.91 Å². The van der Waals surface area contributed by atoms with Gasteiger partial charge in [-0.25, -0.2) is 8.78 Å². The molecular weight excluding hydrogens is 307 g/mol. The summed E-state index contributed by atoms with van der Waals surface area (Å²) in [4.78, 5) is 11.9. The lowest BCUT2D eigenvalue weighted by Gasteiger charge is -2.07. The third kappa shape index (κ3) is 3.68. The van der Waals surface area contributed by atoms with Crippen molar-refractivity contribution in [1.29, 1.82) is 0 Å². The molecule has 0 heterocycles. The summed E-state index contributed by atoms with van der Waals surface area (Å²) in [6.45, 7) is -0.0175. The second-order valence-electron chi connectivity index (χ2n) is 4.08. The van der Waals surface area contributed by atoms with Crippen LogP contribution in [0.4, 0.5) is 8.78 Å². The van der Waals surface area contributed by atoms with Gasteiger partial charge in [-0.2, -0.15) is 0 Å². The molecule has 0 spiro atoms. The van der Waals surface area contributed by atoms with Crippen molar-refractivity contribution in [2.24, 2.45) is 0 Å². The first-order valence-electron chi connectivity index (χ1n) is 5.64. The average Bonchev–Trinajstić information content (AvgIpc) is 2.38. The Balaban J connectivity index is 2.10. The summed E-state index contributed by atoms with van der Waals surface area (Å²) >= 11 is 11.7. The van der Waals surface area contributed by atoms with Crippen molar-refractivity contribution in [2.45, 2.75) is 6.54 Å². The first-order valence-corrected chi connectivity index (χ1v) is 6.39. The van der Waals surface area contributed by atoms with Gasteiger partial charge in [0.25, 0.3) is 5.91 Å². The molecule has 0 radical (unpaired) electrons. The molecule has 20 heavy (non-hydrogen) atoms. The lowest BCUT2D eigenvalue weighted by atomic mass is 10.2. The summed E-state index contributed by atoms with van der Waals surface area (Å²) in [7, 11) is 0. The summed E-state index contributed by atoms with van der Waals surface area (Å²) in [6.07, 6.45) is 0. The van der Waals surface area contributed by atoms with E-state index in [1.54, 1.807) is 6.07 Å². The van der Waals surface area contributed by atoms with Crippen LogP contribution in [0.1, 0.15) is 15.9 Å². The van der Waals surface area contributed by atoms with Crippen LogP contribution in [0.3, 0.4) is 0 Å². The third-order valence-corrected chi connectivity index (χ3v) is 3.11. The quantitative estimate of drug-likeness (QED) is 0.903. The Morgan fingerprint density at radius 2 is 1.70 bits per heavy atom. The van der Waals surface area contributed by atoms with Gasteiger partial charge >= 0.3 is 0 Å². The maximum Gasteiger partial charge on any atom is 0.253 e. The molecule has 0 unspecified atom stereocenters. The van der Waals surface area contributed by atoms with E-state index in [0.29, 0.717) is 10.6 Å². The molecule has 1 amide bonds. The standard InChI is InChI=1S/C14H9Cl2F2NO/c15-9-1-2-13(16)12(5-9)14(20)19-7-8-3-10(17)6-11(18)4-8/h1-6H,7H2,(H,19,20). The minimum atomic E-state index is -0.699. The fourth-order valence-corrected chi connectivity index (χ4v) is 2.04. The second kappa shape index (κ2) is 6.20. The van der Waals surface area contributed by atoms with Gasteiger partial charge < -0.3 is 5.32 Å². The molecule has 0 saturated heterocycles. The van der Waals surface area contributed by atoms with Crippen LogP contribution in [0.15, 0.2) is 36.4 Å². The first kappa shape index (κ1) is 14.8. The molecule has 2 nitrogen and oxygen atoms in total. The number of carbonyl (C=O) groups excluding carboxylic acids is 1. The average molecular weight is 316 g/mol. The van der Waals surface area contributed by atoms with E-state index in [9.17, 15) is 13.6 Å². The van der Waals surface area contributed by atoms with Crippen LogP contribution in [0.25, 0.3) is 0 Å². The Morgan fingerprint density at radius 3 is 2.35 bits per heavy atom. The van der Waals surface area contributed by atoms with E-state index < -0.39 is 17.5 Å². The Kier molecular flexibility index (Phi) is 4.57. The smallest absolute Gasteiger partial charge is 0.253 e. The SMILES string of the molecule is O=C(NCc1cc(F)cc(F)c1)c1cc(Cl)ccc1Cl. The predicted octanol–water partition coefficient (Wildman–Crippen LogP) is 4.20. The molecule has 0 aromatic heterocycles. The number of halogens is 4. The van der Waals surface area contributed by atoms with Crippen LogP contribution in [0.2, 0.25) is 10.0 Å². The highest BCUT2D eigenvalue weighted by Crippen LogP contribution is 2.20. The number of rotatable bonds is 3. The third-order valence-electron chi connectivity index (χ3n) is 2.55. The maximum atomic E-state index is 13.0. The molecule has 6 heteroatoms. The normalized spacial score (nSPS) is 10.4. The van der Waals surface area contributed by atoms with Crippen molar-refractivity contribution < 1.29 is 13.6 Å². The molecule has 0 saturated carbocycles. The highest BCUT2D eigenvalue weighted by Gasteiger charge is 2.11. The van der Waals surface area contributed by atoms with Crippen LogP contribution in [0, 0.1) is 11.6 Å². The summed E-state index contributed by atoms with van der Waals surface area (Å²) in [5.74, 6) is -1.87. The van der Waals surface area contributed by atoms with E-state index in [1.807, 2.05) is 0 Å². The lowest BCUT2D eigenvalue weighted by Crippen LogP contribution is -2.23. The highest BCUT2D eigenvalue weighted by atomic mass is 35.5. The van der Waals surface area contributed by atoms with Crippen LogP contribution in [-0.2, 0) is 6.54 Å². The van der Waals surface area contributed by atoms with E-state index in [-0.39, 0.29) is 17.1 Å². The van der Waals surface area contributed by atoms with E-state index in [2.05, 4.69) is 5.32 Å². The molecule has 0 atom stereocenters. The second-order valence-corrected chi connectivity index (χ2v) is 4.93. The largest absolute Gasteiger partial charge is 0.348 e. The molecule has 0 aliphatic rings. The zero-order valence-electron chi connectivity index (χ0n) is 10.1. The molecule has 0 bridgehead atoms. The van der Waals surface area contributed by atoms with Gasteiger partial charge in [-0.1, -0.05) is 23.2 Å². The van der Waals surface area contributed by atoms with Gasteiger partial charge in [0.1, 0.15) is 11.6 Å². The zero-order valence-corrected chi connectivity index (χ0v) is 11.6. The van der Waals surface area contributed by atoms with Crippen LogP contribution in [0.5, 0.6) is 0 Å². The zero-order chi connectivity index (χ0) is 14.7. The van der Waals surface area contributed by atoms with Gasteiger partial charge in [0.2, 0.25) is 0 Å². The number of amides is 1.